The molecule has 4 aromatic carbocycles. The van der Waals surface area contributed by atoms with E-state index in [4.69, 9.17) is 10.5 Å². The minimum absolute atomic E-state index is 0.293. The normalized spacial score (nSPS) is 10.6. The van der Waals surface area contributed by atoms with Crippen LogP contribution < -0.4 is 15.8 Å². The first-order valence-electron chi connectivity index (χ1n) is 11.6. The predicted octanol–water partition coefficient (Wildman–Crippen LogP) is 6.42. The van der Waals surface area contributed by atoms with Crippen molar-refractivity contribution in [3.63, 3.8) is 0 Å². The Morgan fingerprint density at radius 1 is 0.892 bits per heavy atom. The predicted molar refractivity (Wildman–Crippen MR) is 142 cm³/mol. The molecule has 0 atom stereocenters. The maximum Gasteiger partial charge on any atom is 0.227 e. The van der Waals surface area contributed by atoms with Crippen LogP contribution in [0.25, 0.3) is 11.3 Å². The van der Waals surface area contributed by atoms with Crippen molar-refractivity contribution in [2.75, 3.05) is 11.1 Å². The first-order chi connectivity index (χ1) is 18.0. The first-order valence-corrected chi connectivity index (χ1v) is 11.6. The van der Waals surface area contributed by atoms with Gasteiger partial charge in [0.15, 0.2) is 5.78 Å². The number of rotatable bonds is 8. The van der Waals surface area contributed by atoms with Crippen molar-refractivity contribution in [3.8, 4) is 17.0 Å². The van der Waals surface area contributed by atoms with E-state index in [9.17, 15) is 9.18 Å². The van der Waals surface area contributed by atoms with Crippen molar-refractivity contribution in [3.05, 3.63) is 132 Å². The van der Waals surface area contributed by atoms with Gasteiger partial charge in [0.05, 0.1) is 5.69 Å². The van der Waals surface area contributed by atoms with Gasteiger partial charge in [0.25, 0.3) is 0 Å². The lowest BCUT2D eigenvalue weighted by Crippen LogP contribution is -2.06. The highest BCUT2D eigenvalue weighted by atomic mass is 19.1. The lowest BCUT2D eigenvalue weighted by molar-refractivity contribution is 0.103. The molecule has 0 unspecified atom stereocenters. The van der Waals surface area contributed by atoms with E-state index in [0.29, 0.717) is 46.4 Å². The van der Waals surface area contributed by atoms with Crippen molar-refractivity contribution >= 4 is 23.1 Å². The van der Waals surface area contributed by atoms with Gasteiger partial charge in [-0.25, -0.2) is 14.4 Å². The molecule has 3 N–H and O–H groups in total. The second-order valence-corrected chi connectivity index (χ2v) is 8.33. The summed E-state index contributed by atoms with van der Waals surface area (Å²) in [5.74, 6) is 0.403. The largest absolute Gasteiger partial charge is 0.489 e. The third kappa shape index (κ3) is 5.79. The van der Waals surface area contributed by atoms with E-state index >= 15 is 0 Å². The van der Waals surface area contributed by atoms with Gasteiger partial charge in [-0.15, -0.1) is 0 Å². The molecule has 182 valence electrons. The summed E-state index contributed by atoms with van der Waals surface area (Å²) in [6.45, 7) is 0.465. The molecule has 0 saturated heterocycles. The molecule has 1 heterocycles. The molecular formula is C30H23FN4O2. The lowest BCUT2D eigenvalue weighted by atomic mass is 9.98. The number of nitrogens with two attached hydrogens (primary N) is 1. The van der Waals surface area contributed by atoms with Gasteiger partial charge in [-0.3, -0.25) is 4.79 Å². The van der Waals surface area contributed by atoms with Gasteiger partial charge in [-0.05, 0) is 60.2 Å². The standard InChI is InChI=1S/C30H23FN4O2/c31-23-12-9-21(10-13-23)29(36)26-17-22(11-14-27(26)32)28-15-16-33-30(35-28)34-24-7-4-8-25(18-24)37-19-20-5-2-1-3-6-20/h1-18H,19,32H2,(H,33,34,35). The maximum absolute atomic E-state index is 13.3. The van der Waals surface area contributed by atoms with Gasteiger partial charge >= 0.3 is 0 Å². The van der Waals surface area contributed by atoms with Crippen molar-refractivity contribution in [2.24, 2.45) is 0 Å². The minimum atomic E-state index is -0.410. The number of anilines is 3. The topological polar surface area (TPSA) is 90.1 Å². The number of hydrogen-bond donors (Lipinski definition) is 2. The van der Waals surface area contributed by atoms with Gasteiger partial charge < -0.3 is 15.8 Å². The highest BCUT2D eigenvalue weighted by Crippen LogP contribution is 2.26. The number of ketones is 1. The van der Waals surface area contributed by atoms with Gasteiger partial charge in [0.1, 0.15) is 18.2 Å². The third-order valence-electron chi connectivity index (χ3n) is 5.69. The second kappa shape index (κ2) is 10.7. The average Bonchev–Trinajstić information content (AvgIpc) is 2.93. The molecule has 6 nitrogen and oxygen atoms in total. The smallest absolute Gasteiger partial charge is 0.227 e. The molecule has 0 radical (unpaired) electrons. The van der Waals surface area contributed by atoms with E-state index in [1.807, 2.05) is 54.6 Å². The van der Waals surface area contributed by atoms with Crippen LogP contribution in [0.1, 0.15) is 21.5 Å². The summed E-state index contributed by atoms with van der Waals surface area (Å²) >= 11 is 0. The SMILES string of the molecule is Nc1ccc(-c2ccnc(Nc3cccc(OCc4ccccc4)c3)n2)cc1C(=O)c1ccc(F)cc1. The molecule has 37 heavy (non-hydrogen) atoms. The van der Waals surface area contributed by atoms with E-state index in [1.54, 1.807) is 30.5 Å². The van der Waals surface area contributed by atoms with Gasteiger partial charge in [-0.2, -0.15) is 0 Å². The number of nitrogens with one attached hydrogen (secondary N) is 1. The molecule has 0 amide bonds. The molecule has 0 spiro atoms. The minimum Gasteiger partial charge on any atom is -0.489 e. The van der Waals surface area contributed by atoms with Gasteiger partial charge in [0, 0.05) is 40.3 Å². The first kappa shape index (κ1) is 23.7. The zero-order valence-corrected chi connectivity index (χ0v) is 19.8. The van der Waals surface area contributed by atoms with E-state index in [0.717, 1.165) is 11.3 Å². The van der Waals surface area contributed by atoms with Crippen molar-refractivity contribution < 1.29 is 13.9 Å². The zero-order chi connectivity index (χ0) is 25.6. The Morgan fingerprint density at radius 3 is 2.51 bits per heavy atom. The summed E-state index contributed by atoms with van der Waals surface area (Å²) in [6, 6.07) is 29.8. The number of carbonyl (C=O) groups excluding carboxylic acids is 1. The van der Waals surface area contributed by atoms with E-state index in [2.05, 4.69) is 15.3 Å². The second-order valence-electron chi connectivity index (χ2n) is 8.33. The van der Waals surface area contributed by atoms with Gasteiger partial charge in [-0.1, -0.05) is 42.5 Å². The Hall–Kier alpha value is -5.04. The monoisotopic (exact) mass is 490 g/mol. The number of nitrogens with zero attached hydrogens (tertiary/aromatic N) is 2. The Balaban J connectivity index is 1.34. The van der Waals surface area contributed by atoms with Crippen LogP contribution in [0.5, 0.6) is 5.75 Å². The molecule has 1 aromatic heterocycles. The van der Waals surface area contributed by atoms with Crippen molar-refractivity contribution in [1.29, 1.82) is 0 Å². The van der Waals surface area contributed by atoms with Crippen molar-refractivity contribution in [2.45, 2.75) is 6.61 Å². The fourth-order valence-corrected chi connectivity index (χ4v) is 3.78. The van der Waals surface area contributed by atoms with Crippen LogP contribution in [0, 0.1) is 5.82 Å². The number of nitrogen functional groups attached to an aromatic ring is 1. The van der Waals surface area contributed by atoms with Gasteiger partial charge in [0.2, 0.25) is 5.95 Å². The molecule has 0 aliphatic carbocycles. The third-order valence-corrected chi connectivity index (χ3v) is 5.69. The zero-order valence-electron chi connectivity index (χ0n) is 19.8. The Kier molecular flexibility index (Phi) is 6.85. The maximum atomic E-state index is 13.3. The van der Waals surface area contributed by atoms with Crippen LogP contribution >= 0.6 is 0 Å². The van der Waals surface area contributed by atoms with Crippen LogP contribution in [0.2, 0.25) is 0 Å². The van der Waals surface area contributed by atoms with Crippen LogP contribution in [0.15, 0.2) is 109 Å². The van der Waals surface area contributed by atoms with Crippen LogP contribution in [-0.4, -0.2) is 15.8 Å². The number of hydrogen-bond acceptors (Lipinski definition) is 6. The molecule has 0 bridgehead atoms. The number of ether oxygens (including phenoxy) is 1. The summed E-state index contributed by atoms with van der Waals surface area (Å²) in [5.41, 5.74) is 10.3. The lowest BCUT2D eigenvalue weighted by Gasteiger charge is -2.11. The highest BCUT2D eigenvalue weighted by Gasteiger charge is 2.15. The molecule has 5 aromatic rings. The number of aromatic nitrogens is 2. The highest BCUT2D eigenvalue weighted by molar-refractivity contribution is 6.12. The molecule has 7 heteroatoms. The summed E-state index contributed by atoms with van der Waals surface area (Å²) in [6.07, 6.45) is 1.64. The van der Waals surface area contributed by atoms with Crippen LogP contribution in [0.3, 0.4) is 0 Å². The Labute approximate surface area is 213 Å². The summed E-state index contributed by atoms with van der Waals surface area (Å²) in [5, 5.41) is 3.20. The average molecular weight is 491 g/mol. The summed E-state index contributed by atoms with van der Waals surface area (Å²) in [7, 11) is 0. The van der Waals surface area contributed by atoms with E-state index in [-0.39, 0.29) is 5.78 Å². The molecule has 0 fully saturated rings. The number of carbonyl (C=O) groups is 1. The molecule has 0 aliphatic heterocycles. The van der Waals surface area contributed by atoms with Crippen LogP contribution in [0.4, 0.5) is 21.7 Å². The Bertz CT molecular complexity index is 1540. The number of benzene rings is 4. The molecule has 5 rings (SSSR count). The fraction of sp³-hybridized carbons (Fsp3) is 0.0333. The quantitative estimate of drug-likeness (QED) is 0.193. The molecular weight excluding hydrogens is 467 g/mol. The molecule has 0 aliphatic rings. The Morgan fingerprint density at radius 2 is 1.70 bits per heavy atom. The van der Waals surface area contributed by atoms with E-state index < -0.39 is 5.82 Å². The fourth-order valence-electron chi connectivity index (χ4n) is 3.78. The van der Waals surface area contributed by atoms with Crippen LogP contribution in [-0.2, 0) is 6.61 Å². The van der Waals surface area contributed by atoms with Crippen molar-refractivity contribution in [1.82, 2.24) is 9.97 Å². The molecule has 0 saturated carbocycles. The number of halogens is 1. The van der Waals surface area contributed by atoms with E-state index in [1.165, 1.54) is 24.3 Å². The summed E-state index contributed by atoms with van der Waals surface area (Å²) in [4.78, 5) is 21.9. The summed E-state index contributed by atoms with van der Waals surface area (Å²) < 4.78 is 19.2.